The number of hydrogen-bond acceptors (Lipinski definition) is 7. The van der Waals surface area contributed by atoms with Crippen molar-refractivity contribution in [2.75, 3.05) is 0 Å². The summed E-state index contributed by atoms with van der Waals surface area (Å²) in [4.78, 5) is 44.7. The lowest BCUT2D eigenvalue weighted by atomic mass is 9.93. The van der Waals surface area contributed by atoms with Gasteiger partial charge in [0.15, 0.2) is 6.10 Å². The zero-order chi connectivity index (χ0) is 18.2. The van der Waals surface area contributed by atoms with Gasteiger partial charge in [-0.15, -0.1) is 0 Å². The molecule has 0 bridgehead atoms. The van der Waals surface area contributed by atoms with Crippen molar-refractivity contribution in [3.63, 3.8) is 0 Å². The second kappa shape index (κ2) is 8.41. The molecule has 0 aliphatic carbocycles. The fourth-order valence-corrected chi connectivity index (χ4v) is 1.23. The van der Waals surface area contributed by atoms with Gasteiger partial charge in [0.1, 0.15) is 0 Å². The number of carbonyl (C=O) groups is 4. The van der Waals surface area contributed by atoms with Crippen molar-refractivity contribution in [1.29, 1.82) is 0 Å². The maximum absolute atomic E-state index is 10.4. The van der Waals surface area contributed by atoms with E-state index in [9.17, 15) is 19.2 Å². The molecule has 2 atom stereocenters. The van der Waals surface area contributed by atoms with E-state index in [-0.39, 0.29) is 0 Å². The largest absolute Gasteiger partial charge is 0.481 e. The Labute approximate surface area is 128 Å². The molecule has 0 aromatic carbocycles. The number of aliphatic hydroxyl groups is 2. The number of pyridine rings is 1. The third kappa shape index (κ3) is 6.07. The number of primary amides is 1. The average molecular weight is 330 g/mol. The number of aromatic nitrogens is 1. The Kier molecular flexibility index (Phi) is 7.29. The highest BCUT2D eigenvalue weighted by Crippen LogP contribution is 2.16. The van der Waals surface area contributed by atoms with Crippen molar-refractivity contribution in [3.8, 4) is 0 Å². The van der Waals surface area contributed by atoms with Gasteiger partial charge in [-0.25, -0.2) is 9.59 Å². The summed E-state index contributed by atoms with van der Waals surface area (Å²) in [6, 6.07) is 3.29. The Hall–Kier alpha value is -3.05. The quantitative estimate of drug-likeness (QED) is 0.334. The molecule has 0 spiro atoms. The number of nitrogens with zero attached hydrogens (tertiary/aromatic N) is 1. The summed E-state index contributed by atoms with van der Waals surface area (Å²) >= 11 is 0. The standard InChI is InChI=1S/C6H6N2O.C6H8O8/c7-6(9)5-2-1-3-8-4-5;7-2(8)1-6(14,5(12)13)3(9)4(10)11/h1-4H,(H2,7,9);3,9,14H,1H2,(H,7,8)(H,10,11)(H,12,13). The predicted octanol–water partition coefficient (Wildman–Crippen LogP) is -2.10. The molecule has 0 aliphatic heterocycles. The van der Waals surface area contributed by atoms with E-state index in [0.29, 0.717) is 5.56 Å². The summed E-state index contributed by atoms with van der Waals surface area (Å²) in [6.45, 7) is 0. The number of nitrogens with two attached hydrogens (primary N) is 1. The maximum atomic E-state index is 10.4. The summed E-state index contributed by atoms with van der Waals surface area (Å²) < 4.78 is 0. The van der Waals surface area contributed by atoms with E-state index >= 15 is 0 Å². The second-order valence-electron chi connectivity index (χ2n) is 4.15. The molecule has 11 nitrogen and oxygen atoms in total. The summed E-state index contributed by atoms with van der Waals surface area (Å²) in [5, 5.41) is 42.6. The van der Waals surface area contributed by atoms with E-state index in [2.05, 4.69) is 4.98 Å². The van der Waals surface area contributed by atoms with Crippen LogP contribution in [0, 0.1) is 0 Å². The number of aliphatic hydroxyl groups excluding tert-OH is 1. The normalized spacial score (nSPS) is 13.7. The number of rotatable bonds is 6. The SMILES string of the molecule is NC(=O)c1cccnc1.O=C(O)CC(O)(C(=O)O)C(O)C(=O)O. The van der Waals surface area contributed by atoms with Crippen LogP contribution in [0.5, 0.6) is 0 Å². The summed E-state index contributed by atoms with van der Waals surface area (Å²) in [6.07, 6.45) is -1.08. The van der Waals surface area contributed by atoms with Crippen LogP contribution in [0.4, 0.5) is 0 Å². The molecule has 23 heavy (non-hydrogen) atoms. The highest BCUT2D eigenvalue weighted by molar-refractivity contribution is 5.92. The molecule has 2 unspecified atom stereocenters. The van der Waals surface area contributed by atoms with Crippen LogP contribution in [0.3, 0.4) is 0 Å². The van der Waals surface area contributed by atoms with E-state index in [1.165, 1.54) is 6.20 Å². The maximum Gasteiger partial charge on any atom is 0.339 e. The molecule has 1 aromatic heterocycles. The Morgan fingerprint density at radius 1 is 1.22 bits per heavy atom. The van der Waals surface area contributed by atoms with Crippen LogP contribution in [0.15, 0.2) is 24.5 Å². The van der Waals surface area contributed by atoms with Crippen molar-refractivity contribution in [1.82, 2.24) is 4.98 Å². The third-order valence-corrected chi connectivity index (χ3v) is 2.42. The number of carboxylic acid groups (broad SMARTS) is 3. The summed E-state index contributed by atoms with van der Waals surface area (Å²) in [5.41, 5.74) is 2.15. The fraction of sp³-hybridized carbons (Fsp3) is 0.250. The molecule has 1 amide bonds. The van der Waals surface area contributed by atoms with Gasteiger partial charge in [-0.1, -0.05) is 0 Å². The van der Waals surface area contributed by atoms with Gasteiger partial charge in [0.2, 0.25) is 11.5 Å². The van der Waals surface area contributed by atoms with Gasteiger partial charge in [-0.2, -0.15) is 0 Å². The summed E-state index contributed by atoms with van der Waals surface area (Å²) in [5.74, 6) is -6.32. The lowest BCUT2D eigenvalue weighted by Gasteiger charge is -2.23. The van der Waals surface area contributed by atoms with E-state index in [0.717, 1.165) is 0 Å². The minimum absolute atomic E-state index is 0.442. The monoisotopic (exact) mass is 330 g/mol. The van der Waals surface area contributed by atoms with E-state index < -0.39 is 41.9 Å². The fourth-order valence-electron chi connectivity index (χ4n) is 1.23. The van der Waals surface area contributed by atoms with Crippen molar-refractivity contribution in [3.05, 3.63) is 30.1 Å². The zero-order valence-electron chi connectivity index (χ0n) is 11.5. The van der Waals surface area contributed by atoms with Crippen LogP contribution in [-0.2, 0) is 14.4 Å². The number of carboxylic acids is 3. The highest BCUT2D eigenvalue weighted by atomic mass is 16.4. The number of carbonyl (C=O) groups excluding carboxylic acids is 1. The molecule has 0 aliphatic rings. The first-order valence-electron chi connectivity index (χ1n) is 5.80. The third-order valence-electron chi connectivity index (χ3n) is 2.42. The van der Waals surface area contributed by atoms with Crippen molar-refractivity contribution >= 4 is 23.8 Å². The topological polar surface area (TPSA) is 208 Å². The van der Waals surface area contributed by atoms with Gasteiger partial charge in [0, 0.05) is 12.4 Å². The minimum Gasteiger partial charge on any atom is -0.481 e. The summed E-state index contributed by atoms with van der Waals surface area (Å²) in [7, 11) is 0. The van der Waals surface area contributed by atoms with E-state index in [1.807, 2.05) is 0 Å². The van der Waals surface area contributed by atoms with Crippen LogP contribution in [0.25, 0.3) is 0 Å². The van der Waals surface area contributed by atoms with Crippen LogP contribution in [0.1, 0.15) is 16.8 Å². The Bertz CT molecular complexity index is 589. The van der Waals surface area contributed by atoms with Gasteiger partial charge in [-0.3, -0.25) is 14.6 Å². The lowest BCUT2D eigenvalue weighted by molar-refractivity contribution is -0.187. The van der Waals surface area contributed by atoms with Crippen LogP contribution in [-0.4, -0.2) is 66.0 Å². The van der Waals surface area contributed by atoms with Gasteiger partial charge in [0.25, 0.3) is 0 Å². The Morgan fingerprint density at radius 3 is 2.04 bits per heavy atom. The van der Waals surface area contributed by atoms with Gasteiger partial charge in [-0.05, 0) is 12.1 Å². The van der Waals surface area contributed by atoms with E-state index in [1.54, 1.807) is 18.3 Å². The molecule has 0 saturated heterocycles. The first-order chi connectivity index (χ1) is 10.5. The van der Waals surface area contributed by atoms with Crippen molar-refractivity contribution < 1.29 is 44.7 Å². The highest BCUT2D eigenvalue weighted by Gasteiger charge is 2.49. The number of hydrogen-bond donors (Lipinski definition) is 6. The van der Waals surface area contributed by atoms with Gasteiger partial charge in [0.05, 0.1) is 12.0 Å². The predicted molar refractivity (Wildman–Crippen MR) is 71.2 cm³/mol. The molecule has 7 N–H and O–H groups in total. The smallest absolute Gasteiger partial charge is 0.339 e. The molecular weight excluding hydrogens is 316 g/mol. The second-order valence-corrected chi connectivity index (χ2v) is 4.15. The molecule has 1 aromatic rings. The van der Waals surface area contributed by atoms with Crippen molar-refractivity contribution in [2.24, 2.45) is 5.73 Å². The zero-order valence-corrected chi connectivity index (χ0v) is 11.5. The van der Waals surface area contributed by atoms with Crippen LogP contribution >= 0.6 is 0 Å². The molecule has 0 fully saturated rings. The molecule has 1 heterocycles. The molecule has 0 radical (unpaired) electrons. The average Bonchev–Trinajstić information content (AvgIpc) is 2.46. The Balaban J connectivity index is 0.000000459. The van der Waals surface area contributed by atoms with Gasteiger partial charge >= 0.3 is 17.9 Å². The molecule has 1 rings (SSSR count). The van der Waals surface area contributed by atoms with E-state index in [4.69, 9.17) is 31.3 Å². The number of aliphatic carboxylic acids is 3. The number of amides is 1. The van der Waals surface area contributed by atoms with Crippen LogP contribution < -0.4 is 5.73 Å². The molecular formula is C12H14N2O9. The van der Waals surface area contributed by atoms with Crippen LogP contribution in [0.2, 0.25) is 0 Å². The molecule has 0 saturated carbocycles. The lowest BCUT2D eigenvalue weighted by Crippen LogP contribution is -2.54. The Morgan fingerprint density at radius 2 is 1.78 bits per heavy atom. The first-order valence-corrected chi connectivity index (χ1v) is 5.80. The molecule has 126 valence electrons. The first kappa shape index (κ1) is 19.9. The minimum atomic E-state index is -3.22. The molecule has 11 heteroatoms. The van der Waals surface area contributed by atoms with Gasteiger partial charge < -0.3 is 31.3 Å². The van der Waals surface area contributed by atoms with Crippen molar-refractivity contribution in [2.45, 2.75) is 18.1 Å².